The molecule has 0 radical (unpaired) electrons. The van der Waals surface area contributed by atoms with Gasteiger partial charge in [0.1, 0.15) is 22.9 Å². The lowest BCUT2D eigenvalue weighted by molar-refractivity contribution is -0.226. The van der Waals surface area contributed by atoms with Crippen LogP contribution in [-0.2, 0) is 20.4 Å². The van der Waals surface area contributed by atoms with Crippen molar-refractivity contribution >= 4 is 0 Å². The molecule has 0 bridgehead atoms. The molecule has 11 heteroatoms. The highest BCUT2D eigenvalue weighted by atomic mass is 19.4. The van der Waals surface area contributed by atoms with Gasteiger partial charge in [-0.15, -0.1) is 6.58 Å². The van der Waals surface area contributed by atoms with Crippen LogP contribution >= 0.6 is 0 Å². The first-order valence-electron chi connectivity index (χ1n) is 13.1. The van der Waals surface area contributed by atoms with E-state index in [-0.39, 0.29) is 49.2 Å². The van der Waals surface area contributed by atoms with Crippen LogP contribution < -0.4 is 4.74 Å². The van der Waals surface area contributed by atoms with Gasteiger partial charge < -0.3 is 18.9 Å². The van der Waals surface area contributed by atoms with Crippen molar-refractivity contribution in [2.75, 3.05) is 19.8 Å². The molecule has 0 unspecified atom stereocenters. The van der Waals surface area contributed by atoms with E-state index < -0.39 is 41.2 Å². The number of alkyl halides is 5. The van der Waals surface area contributed by atoms with E-state index in [9.17, 15) is 30.7 Å². The zero-order valence-corrected chi connectivity index (χ0v) is 21.0. The highest BCUT2D eigenvalue weighted by Crippen LogP contribution is 2.42. The molecule has 1 aromatic rings. The Morgan fingerprint density at radius 3 is 1.97 bits per heavy atom. The van der Waals surface area contributed by atoms with E-state index in [1.54, 1.807) is 0 Å². The van der Waals surface area contributed by atoms with Crippen LogP contribution in [0.15, 0.2) is 24.8 Å². The van der Waals surface area contributed by atoms with Gasteiger partial charge >= 0.3 is 12.3 Å². The van der Waals surface area contributed by atoms with Gasteiger partial charge in [-0.3, -0.25) is 0 Å². The first-order valence-corrected chi connectivity index (χ1v) is 13.1. The van der Waals surface area contributed by atoms with Gasteiger partial charge in [-0.1, -0.05) is 6.08 Å². The molecule has 1 saturated heterocycles. The molecule has 214 valence electrons. The molecule has 4 nitrogen and oxygen atoms in total. The smallest absolute Gasteiger partial charge is 0.422 e. The third-order valence-corrected chi connectivity index (χ3v) is 7.83. The van der Waals surface area contributed by atoms with Gasteiger partial charge in [0.05, 0.1) is 25.2 Å². The van der Waals surface area contributed by atoms with Crippen molar-refractivity contribution in [2.24, 2.45) is 23.7 Å². The fraction of sp³-hybridized carbons (Fsp3) is 0.704. The first-order chi connectivity index (χ1) is 18.0. The Morgan fingerprint density at radius 2 is 1.45 bits per heavy atom. The Kier molecular flexibility index (Phi) is 9.30. The van der Waals surface area contributed by atoms with Crippen molar-refractivity contribution in [3.63, 3.8) is 0 Å². The lowest BCUT2D eigenvalue weighted by Crippen LogP contribution is -2.39. The van der Waals surface area contributed by atoms with Crippen molar-refractivity contribution in [2.45, 2.75) is 76.0 Å². The van der Waals surface area contributed by atoms with Crippen LogP contribution in [0.4, 0.5) is 30.7 Å². The minimum Gasteiger partial charge on any atom is -0.432 e. The summed E-state index contributed by atoms with van der Waals surface area (Å²) >= 11 is 0. The minimum atomic E-state index is -5.29. The number of ether oxygens (including phenoxy) is 4. The molecule has 2 aliphatic carbocycles. The summed E-state index contributed by atoms with van der Waals surface area (Å²) in [5.41, 5.74) is -2.14. The molecule has 2 saturated carbocycles. The lowest BCUT2D eigenvalue weighted by Gasteiger charge is -2.37. The fourth-order valence-corrected chi connectivity index (χ4v) is 5.53. The summed E-state index contributed by atoms with van der Waals surface area (Å²) in [6.45, 7) is 5.46. The van der Waals surface area contributed by atoms with Gasteiger partial charge in [0.25, 0.3) is 0 Å². The molecule has 0 N–H and O–H groups in total. The highest BCUT2D eigenvalue weighted by molar-refractivity contribution is 5.32. The molecule has 1 aliphatic heterocycles. The Morgan fingerprint density at radius 1 is 0.868 bits per heavy atom. The van der Waals surface area contributed by atoms with Crippen LogP contribution in [0.2, 0.25) is 0 Å². The molecule has 4 rings (SSSR count). The lowest BCUT2D eigenvalue weighted by atomic mass is 9.81. The van der Waals surface area contributed by atoms with Gasteiger partial charge in [0.15, 0.2) is 6.29 Å². The molecule has 0 aromatic heterocycles. The van der Waals surface area contributed by atoms with E-state index in [2.05, 4.69) is 11.3 Å². The zero-order chi connectivity index (χ0) is 27.5. The van der Waals surface area contributed by atoms with Crippen LogP contribution in [0.25, 0.3) is 0 Å². The summed E-state index contributed by atoms with van der Waals surface area (Å²) in [6.07, 6.45) is -2.60. The summed E-state index contributed by atoms with van der Waals surface area (Å²) in [5, 5.41) is 0. The second kappa shape index (κ2) is 12.1. The number of hydrogen-bond acceptors (Lipinski definition) is 4. The van der Waals surface area contributed by atoms with Crippen molar-refractivity contribution < 1.29 is 49.7 Å². The summed E-state index contributed by atoms with van der Waals surface area (Å²) in [6, 6.07) is 0.275. The maximum absolute atomic E-state index is 14.7. The van der Waals surface area contributed by atoms with Crippen LogP contribution in [0, 0.1) is 35.3 Å². The van der Waals surface area contributed by atoms with E-state index in [0.29, 0.717) is 38.6 Å². The third-order valence-electron chi connectivity index (χ3n) is 7.83. The fourth-order valence-electron chi connectivity index (χ4n) is 5.53. The maximum Gasteiger partial charge on any atom is 0.422 e. The van der Waals surface area contributed by atoms with Gasteiger partial charge in [0, 0.05) is 30.6 Å². The topological polar surface area (TPSA) is 36.9 Å². The Hall–Kier alpha value is -1.85. The normalized spacial score (nSPS) is 31.1. The average molecular weight is 555 g/mol. The number of benzene rings is 1. The van der Waals surface area contributed by atoms with Gasteiger partial charge in [-0.2, -0.15) is 22.0 Å². The summed E-state index contributed by atoms with van der Waals surface area (Å²) in [7, 11) is 0. The van der Waals surface area contributed by atoms with Gasteiger partial charge in [-0.05, 0) is 57.3 Å². The quantitative estimate of drug-likeness (QED) is 0.246. The van der Waals surface area contributed by atoms with Crippen LogP contribution in [0.5, 0.6) is 5.75 Å². The molecule has 3 aliphatic rings. The van der Waals surface area contributed by atoms with E-state index in [0.717, 1.165) is 25.7 Å². The molecule has 1 aromatic carbocycles. The van der Waals surface area contributed by atoms with Crippen molar-refractivity contribution in [1.29, 1.82) is 0 Å². The van der Waals surface area contributed by atoms with E-state index in [1.807, 2.05) is 6.08 Å². The SMILES string of the molecule is C=CC1COC(C2CCC(OCC3CCC(C(F)(F)Oc4cc(F)c(C(F)(F)F)c(F)c4)CC3)CC2)OC1. The minimum absolute atomic E-state index is 0.0986. The molecule has 0 atom stereocenters. The van der Waals surface area contributed by atoms with Gasteiger partial charge in [0.2, 0.25) is 0 Å². The number of hydrogen-bond donors (Lipinski definition) is 0. The largest absolute Gasteiger partial charge is 0.432 e. The van der Waals surface area contributed by atoms with Crippen LogP contribution in [0.3, 0.4) is 0 Å². The van der Waals surface area contributed by atoms with Gasteiger partial charge in [-0.25, -0.2) is 8.78 Å². The summed E-state index contributed by atoms with van der Waals surface area (Å²) in [4.78, 5) is 0. The molecule has 0 amide bonds. The van der Waals surface area contributed by atoms with Crippen molar-refractivity contribution in [3.05, 3.63) is 42.0 Å². The predicted octanol–water partition coefficient (Wildman–Crippen LogP) is 7.51. The molecule has 38 heavy (non-hydrogen) atoms. The van der Waals surface area contributed by atoms with Crippen LogP contribution in [0.1, 0.15) is 56.9 Å². The molecular weight excluding hydrogens is 521 g/mol. The Labute approximate surface area is 217 Å². The monoisotopic (exact) mass is 554 g/mol. The summed E-state index contributed by atoms with van der Waals surface area (Å²) in [5.74, 6) is -5.56. The first kappa shape index (κ1) is 29.1. The number of rotatable bonds is 8. The Balaban J connectivity index is 1.18. The standard InChI is InChI=1S/C27H33F7O4/c1-2-16-13-36-25(37-14-16)18-5-9-20(10-6-18)35-15-17-3-7-19(8-4-17)27(33,34)38-21-11-22(28)24(23(29)12-21)26(30,31)32/h2,11-12,16-20,25H,1,3-10,13-15H2. The van der Waals surface area contributed by atoms with Crippen molar-refractivity contribution in [3.8, 4) is 5.75 Å². The van der Waals surface area contributed by atoms with E-state index in [4.69, 9.17) is 14.2 Å². The predicted molar refractivity (Wildman–Crippen MR) is 123 cm³/mol. The molecule has 3 fully saturated rings. The zero-order valence-electron chi connectivity index (χ0n) is 21.0. The van der Waals surface area contributed by atoms with E-state index in [1.165, 1.54) is 0 Å². The third kappa shape index (κ3) is 7.21. The second-order valence-electron chi connectivity index (χ2n) is 10.5. The summed E-state index contributed by atoms with van der Waals surface area (Å²) < 4.78 is 117. The Bertz CT molecular complexity index is 907. The maximum atomic E-state index is 14.7. The molecular formula is C27H33F7O4. The van der Waals surface area contributed by atoms with E-state index >= 15 is 0 Å². The average Bonchev–Trinajstić information content (AvgIpc) is 2.86. The van der Waals surface area contributed by atoms with Crippen LogP contribution in [-0.4, -0.2) is 38.3 Å². The highest BCUT2D eigenvalue weighted by Gasteiger charge is 2.45. The molecule has 1 heterocycles. The van der Waals surface area contributed by atoms with Crippen molar-refractivity contribution in [1.82, 2.24) is 0 Å². The number of halogens is 7. The second-order valence-corrected chi connectivity index (χ2v) is 10.5. The molecule has 0 spiro atoms.